The van der Waals surface area contributed by atoms with Crippen LogP contribution in [0.4, 0.5) is 0 Å². The van der Waals surface area contributed by atoms with Gasteiger partial charge in [0.2, 0.25) is 0 Å². The van der Waals surface area contributed by atoms with E-state index in [9.17, 15) is 4.80 Å². The topological polar surface area (TPSA) is 133 Å². The normalized spacial score (nSPS) is 11.5. The summed E-state index contributed by atoms with van der Waals surface area (Å²) in [4.78, 5) is 49.0. The van der Waals surface area contributed by atoms with E-state index in [-0.39, 0.29) is 28.8 Å². The van der Waals surface area contributed by atoms with Crippen LogP contribution in [0.3, 0.4) is 0 Å². The van der Waals surface area contributed by atoms with Crippen LogP contribution >= 0.6 is 9.90 Å². The van der Waals surface area contributed by atoms with Gasteiger partial charge in [-0.25, -0.2) is 0 Å². The third-order valence-electron chi connectivity index (χ3n) is 0.270. The second-order valence-electron chi connectivity index (χ2n) is 1.22. The minimum absolute atomic E-state index is 0. The van der Waals surface area contributed by atoms with Crippen molar-refractivity contribution < 1.29 is 51.7 Å². The largest absolute Gasteiger partial charge is 1.00 e. The van der Waals surface area contributed by atoms with Crippen molar-refractivity contribution in [3.63, 3.8) is 0 Å². The van der Waals surface area contributed by atoms with Gasteiger partial charge in [0.25, 0.3) is 0 Å². The summed E-state index contributed by atoms with van der Waals surface area (Å²) in [6.07, 6.45) is 0. The molecular formula is H8LiO7PSi2. The number of hydrogen-bond donors (Lipinski definition) is 5. The Balaban J connectivity index is -0.000000320. The van der Waals surface area contributed by atoms with Gasteiger partial charge in [0, 0.05) is 0 Å². The number of hydrogen-bond acceptors (Lipinski definition) is 7. The zero-order valence-electron chi connectivity index (χ0n) is 5.76. The first-order valence-electron chi connectivity index (χ1n) is 1.73. The van der Waals surface area contributed by atoms with E-state index in [2.05, 4.69) is 4.12 Å². The molecule has 0 aromatic heterocycles. The molecule has 7 nitrogen and oxygen atoms in total. The minimum atomic E-state index is -5.23. The SMILES string of the molecule is P.[Li+].[O-][Si](O)(O)O[Si](O)(O)O. The summed E-state index contributed by atoms with van der Waals surface area (Å²) in [5.74, 6) is 0. The van der Waals surface area contributed by atoms with Gasteiger partial charge >= 0.3 is 37.0 Å². The molecule has 5 N–H and O–H groups in total. The second-order valence-corrected chi connectivity index (χ2v) is 4.29. The first-order valence-corrected chi connectivity index (χ1v) is 5.19. The smallest absolute Gasteiger partial charge is 0.794 e. The molecule has 0 amide bonds. The molecular weight excluding hydrogens is 206 g/mol. The Kier molecular flexibility index (Phi) is 9.47. The van der Waals surface area contributed by atoms with E-state index in [4.69, 9.17) is 24.0 Å². The molecule has 0 saturated heterocycles. The molecule has 0 bridgehead atoms. The molecule has 0 aliphatic heterocycles. The molecule has 0 aromatic rings. The van der Waals surface area contributed by atoms with Gasteiger partial charge in [0.1, 0.15) is 0 Å². The monoisotopic (exact) mass is 214 g/mol. The average molecular weight is 214 g/mol. The van der Waals surface area contributed by atoms with Crippen LogP contribution in [0.25, 0.3) is 0 Å². The molecule has 11 heteroatoms. The van der Waals surface area contributed by atoms with Crippen LogP contribution in [-0.4, -0.2) is 42.1 Å². The van der Waals surface area contributed by atoms with Gasteiger partial charge in [-0.3, -0.25) is 0 Å². The van der Waals surface area contributed by atoms with E-state index in [0.29, 0.717) is 0 Å². The Morgan fingerprint density at radius 2 is 1.27 bits per heavy atom. The molecule has 0 aliphatic carbocycles. The molecule has 0 saturated carbocycles. The Morgan fingerprint density at radius 1 is 1.00 bits per heavy atom. The van der Waals surface area contributed by atoms with Crippen molar-refractivity contribution in [1.29, 1.82) is 0 Å². The molecule has 0 fully saturated rings. The third kappa shape index (κ3) is 18.3. The van der Waals surface area contributed by atoms with E-state index in [1.165, 1.54) is 0 Å². The zero-order valence-corrected chi connectivity index (χ0v) is 9.17. The fourth-order valence-electron chi connectivity index (χ4n) is 0.178. The zero-order chi connectivity index (χ0) is 7.71. The van der Waals surface area contributed by atoms with Crippen LogP contribution in [-0.2, 0) is 4.12 Å². The van der Waals surface area contributed by atoms with Gasteiger partial charge in [-0.2, -0.15) is 9.90 Å². The maximum atomic E-state index is 9.70. The average Bonchev–Trinajstić information content (AvgIpc) is 1.14. The van der Waals surface area contributed by atoms with Crippen molar-refractivity contribution in [3.05, 3.63) is 0 Å². The van der Waals surface area contributed by atoms with Gasteiger partial charge in [-0.1, -0.05) is 0 Å². The predicted molar refractivity (Wildman–Crippen MR) is 34.8 cm³/mol. The molecule has 11 heavy (non-hydrogen) atoms. The molecule has 0 radical (unpaired) electrons. The van der Waals surface area contributed by atoms with Crippen molar-refractivity contribution in [2.24, 2.45) is 0 Å². The minimum Gasteiger partial charge on any atom is -0.794 e. The Bertz CT molecular complexity index is 81.6. The van der Waals surface area contributed by atoms with Crippen molar-refractivity contribution in [1.82, 2.24) is 0 Å². The van der Waals surface area contributed by atoms with Crippen LogP contribution in [0.2, 0.25) is 0 Å². The quantitative estimate of drug-likeness (QED) is 0.228. The van der Waals surface area contributed by atoms with Crippen LogP contribution in [0.5, 0.6) is 0 Å². The summed E-state index contributed by atoms with van der Waals surface area (Å²) >= 11 is 0. The molecule has 0 aromatic carbocycles. The summed E-state index contributed by atoms with van der Waals surface area (Å²) in [5, 5.41) is 0. The van der Waals surface area contributed by atoms with Crippen LogP contribution in [0, 0.1) is 0 Å². The summed E-state index contributed by atoms with van der Waals surface area (Å²) in [6, 6.07) is 0. The fourth-order valence-corrected chi connectivity index (χ4v) is 1.61. The van der Waals surface area contributed by atoms with E-state index < -0.39 is 18.1 Å². The Morgan fingerprint density at radius 3 is 1.27 bits per heavy atom. The van der Waals surface area contributed by atoms with Crippen molar-refractivity contribution in [3.8, 4) is 0 Å². The fraction of sp³-hybridized carbons (Fsp3) is 0. The third-order valence-corrected chi connectivity index (χ3v) is 2.43. The van der Waals surface area contributed by atoms with Gasteiger partial charge in [0.15, 0.2) is 0 Å². The molecule has 0 rings (SSSR count). The Labute approximate surface area is 80.1 Å². The van der Waals surface area contributed by atoms with E-state index in [1.807, 2.05) is 0 Å². The maximum Gasteiger partial charge on any atom is 1.00 e. The van der Waals surface area contributed by atoms with Gasteiger partial charge in [-0.15, -0.1) is 0 Å². The number of rotatable bonds is 2. The molecule has 0 spiro atoms. The van der Waals surface area contributed by atoms with Crippen LogP contribution in [0.15, 0.2) is 0 Å². The van der Waals surface area contributed by atoms with Crippen molar-refractivity contribution in [2.45, 2.75) is 0 Å². The maximum absolute atomic E-state index is 9.70. The molecule has 0 aliphatic rings. The first kappa shape index (κ1) is 18.1. The van der Waals surface area contributed by atoms with Crippen LogP contribution < -0.4 is 23.7 Å². The summed E-state index contributed by atoms with van der Waals surface area (Å²) in [7, 11) is -10.3. The van der Waals surface area contributed by atoms with Crippen molar-refractivity contribution in [2.75, 3.05) is 0 Å². The van der Waals surface area contributed by atoms with Crippen LogP contribution in [0.1, 0.15) is 0 Å². The van der Waals surface area contributed by atoms with Crippen molar-refractivity contribution >= 4 is 28.0 Å². The predicted octanol–water partition coefficient (Wildman–Crippen LogP) is -7.74. The van der Waals surface area contributed by atoms with E-state index in [1.54, 1.807) is 0 Å². The van der Waals surface area contributed by atoms with Gasteiger partial charge in [0.05, 0.1) is 0 Å². The van der Waals surface area contributed by atoms with E-state index in [0.717, 1.165) is 0 Å². The molecule has 1 atom stereocenters. The van der Waals surface area contributed by atoms with E-state index >= 15 is 0 Å². The van der Waals surface area contributed by atoms with Gasteiger partial charge < -0.3 is 32.9 Å². The first-order chi connectivity index (χ1) is 3.71. The molecule has 0 heterocycles. The summed E-state index contributed by atoms with van der Waals surface area (Å²) in [6.45, 7) is 0. The Hall–Kier alpha value is 1.18. The summed E-state index contributed by atoms with van der Waals surface area (Å²) in [5.41, 5.74) is 0. The standard InChI is InChI=1S/Li.H5O7Si2.H3P/c;1-8(2,3)7-9(4,5)6;/h;1-5H;1H3/q+1;-1;. The van der Waals surface area contributed by atoms with Gasteiger partial charge in [-0.05, 0) is 0 Å². The summed E-state index contributed by atoms with van der Waals surface area (Å²) < 4.78 is 3.12. The molecule has 1 unspecified atom stereocenters. The second kappa shape index (κ2) is 5.76. The molecule has 64 valence electrons.